The fourth-order valence-corrected chi connectivity index (χ4v) is 0.878. The van der Waals surface area contributed by atoms with E-state index in [0.717, 1.165) is 12.0 Å². The van der Waals surface area contributed by atoms with Gasteiger partial charge in [0, 0.05) is 5.92 Å². The minimum Gasteiger partial charge on any atom is -0.396 e. The Labute approximate surface area is 67.9 Å². The molecule has 0 bridgehead atoms. The smallest absolute Gasteiger partial charge is 0.163 e. The van der Waals surface area contributed by atoms with Crippen LogP contribution in [0.3, 0.4) is 0 Å². The highest BCUT2D eigenvalue weighted by atomic mass is 16.3. The maximum Gasteiger partial charge on any atom is 0.163 e. The molecule has 2 nitrogen and oxygen atoms in total. The van der Waals surface area contributed by atoms with E-state index in [2.05, 4.69) is 0 Å². The number of ketones is 1. The van der Waals surface area contributed by atoms with Gasteiger partial charge in [-0.2, -0.15) is 0 Å². The second-order valence-corrected chi connectivity index (χ2v) is 2.74. The molecule has 0 aliphatic carbocycles. The van der Waals surface area contributed by atoms with Crippen LogP contribution in [0.4, 0.5) is 0 Å². The SMILES string of the molecule is CC/C=C(/C)C(=O)C(C)CO. The molecule has 0 aromatic rings. The first kappa shape index (κ1) is 10.4. The summed E-state index contributed by atoms with van der Waals surface area (Å²) in [4.78, 5) is 11.2. The average molecular weight is 156 g/mol. The Bertz CT molecular complexity index is 159. The predicted molar refractivity (Wildman–Crippen MR) is 45.3 cm³/mol. The number of hydrogen-bond donors (Lipinski definition) is 1. The van der Waals surface area contributed by atoms with E-state index >= 15 is 0 Å². The minimum atomic E-state index is -0.252. The van der Waals surface area contributed by atoms with Gasteiger partial charge in [0.05, 0.1) is 6.61 Å². The number of hydrogen-bond acceptors (Lipinski definition) is 2. The van der Waals surface area contributed by atoms with Gasteiger partial charge < -0.3 is 5.11 Å². The molecular weight excluding hydrogens is 140 g/mol. The molecular formula is C9H16O2. The minimum absolute atomic E-state index is 0.0503. The molecule has 0 fully saturated rings. The summed E-state index contributed by atoms with van der Waals surface area (Å²) in [6, 6.07) is 0. The van der Waals surface area contributed by atoms with Crippen LogP contribution < -0.4 is 0 Å². The van der Waals surface area contributed by atoms with Crippen molar-refractivity contribution in [1.82, 2.24) is 0 Å². The van der Waals surface area contributed by atoms with Crippen molar-refractivity contribution in [3.05, 3.63) is 11.6 Å². The van der Waals surface area contributed by atoms with Crippen molar-refractivity contribution in [2.45, 2.75) is 27.2 Å². The second kappa shape index (κ2) is 5.08. The van der Waals surface area contributed by atoms with Gasteiger partial charge in [-0.25, -0.2) is 0 Å². The van der Waals surface area contributed by atoms with E-state index in [1.807, 2.05) is 13.0 Å². The molecule has 0 saturated heterocycles. The highest BCUT2D eigenvalue weighted by Gasteiger charge is 2.12. The van der Waals surface area contributed by atoms with Crippen LogP contribution in [-0.2, 0) is 4.79 Å². The van der Waals surface area contributed by atoms with Crippen molar-refractivity contribution >= 4 is 5.78 Å². The first-order valence-electron chi connectivity index (χ1n) is 3.95. The Kier molecular flexibility index (Phi) is 4.79. The molecule has 0 aliphatic rings. The molecule has 1 unspecified atom stereocenters. The number of aliphatic hydroxyl groups excluding tert-OH is 1. The largest absolute Gasteiger partial charge is 0.396 e. The summed E-state index contributed by atoms with van der Waals surface area (Å²) in [5, 5.41) is 8.67. The van der Waals surface area contributed by atoms with Crippen molar-refractivity contribution in [1.29, 1.82) is 0 Å². The van der Waals surface area contributed by atoms with Crippen molar-refractivity contribution in [2.75, 3.05) is 6.61 Å². The number of rotatable bonds is 4. The highest BCUT2D eigenvalue weighted by Crippen LogP contribution is 2.05. The normalized spacial score (nSPS) is 14.7. The zero-order chi connectivity index (χ0) is 8.85. The molecule has 1 atom stereocenters. The van der Waals surface area contributed by atoms with E-state index in [0.29, 0.717) is 0 Å². The summed E-state index contributed by atoms with van der Waals surface area (Å²) in [6.45, 7) is 5.45. The molecule has 0 aliphatic heterocycles. The zero-order valence-corrected chi connectivity index (χ0v) is 7.42. The average Bonchev–Trinajstić information content (AvgIpc) is 2.02. The lowest BCUT2D eigenvalue weighted by Crippen LogP contribution is -2.15. The third-order valence-electron chi connectivity index (χ3n) is 1.62. The van der Waals surface area contributed by atoms with E-state index in [1.54, 1.807) is 13.8 Å². The van der Waals surface area contributed by atoms with E-state index in [-0.39, 0.29) is 18.3 Å². The van der Waals surface area contributed by atoms with Crippen molar-refractivity contribution in [2.24, 2.45) is 5.92 Å². The topological polar surface area (TPSA) is 37.3 Å². The summed E-state index contributed by atoms with van der Waals surface area (Å²) in [5.41, 5.74) is 0.758. The van der Waals surface area contributed by atoms with Crippen LogP contribution in [0.1, 0.15) is 27.2 Å². The molecule has 11 heavy (non-hydrogen) atoms. The first-order chi connectivity index (χ1) is 5.13. The predicted octanol–water partition coefficient (Wildman–Crippen LogP) is 1.54. The van der Waals surface area contributed by atoms with Crippen LogP contribution in [-0.4, -0.2) is 17.5 Å². The van der Waals surface area contributed by atoms with E-state index in [9.17, 15) is 4.79 Å². The van der Waals surface area contributed by atoms with Gasteiger partial charge >= 0.3 is 0 Å². The van der Waals surface area contributed by atoms with Gasteiger partial charge in [0.2, 0.25) is 0 Å². The van der Waals surface area contributed by atoms with Gasteiger partial charge in [-0.1, -0.05) is 19.9 Å². The number of carbonyl (C=O) groups excluding carboxylic acids is 1. The Morgan fingerprint density at radius 3 is 2.55 bits per heavy atom. The summed E-state index contributed by atoms with van der Waals surface area (Å²) in [5.74, 6) is -0.202. The molecule has 0 saturated carbocycles. The van der Waals surface area contributed by atoms with Gasteiger partial charge in [0.15, 0.2) is 5.78 Å². The standard InChI is InChI=1S/C9H16O2/c1-4-5-7(2)9(11)8(3)6-10/h5,8,10H,4,6H2,1-3H3/b7-5-. The molecule has 0 amide bonds. The van der Waals surface area contributed by atoms with Crippen LogP contribution in [0.25, 0.3) is 0 Å². The Morgan fingerprint density at radius 1 is 1.64 bits per heavy atom. The molecule has 1 N–H and O–H groups in total. The van der Waals surface area contributed by atoms with Gasteiger partial charge in [0.25, 0.3) is 0 Å². The van der Waals surface area contributed by atoms with Gasteiger partial charge in [-0.15, -0.1) is 0 Å². The van der Waals surface area contributed by atoms with E-state index in [4.69, 9.17) is 5.11 Å². The van der Waals surface area contributed by atoms with Gasteiger partial charge in [-0.05, 0) is 18.9 Å². The Balaban J connectivity index is 4.13. The van der Waals surface area contributed by atoms with Crippen LogP contribution in [0, 0.1) is 5.92 Å². The molecule has 0 rings (SSSR count). The lowest BCUT2D eigenvalue weighted by atomic mass is 10.0. The van der Waals surface area contributed by atoms with Crippen molar-refractivity contribution < 1.29 is 9.90 Å². The monoisotopic (exact) mass is 156 g/mol. The molecule has 0 aromatic carbocycles. The summed E-state index contributed by atoms with van der Waals surface area (Å²) in [7, 11) is 0. The van der Waals surface area contributed by atoms with Crippen LogP contribution in [0.5, 0.6) is 0 Å². The van der Waals surface area contributed by atoms with Crippen LogP contribution >= 0.6 is 0 Å². The summed E-state index contributed by atoms with van der Waals surface area (Å²) < 4.78 is 0. The third kappa shape index (κ3) is 3.33. The number of allylic oxidation sites excluding steroid dienone is 2. The summed E-state index contributed by atoms with van der Waals surface area (Å²) in [6.07, 6.45) is 2.75. The molecule has 64 valence electrons. The van der Waals surface area contributed by atoms with E-state index in [1.165, 1.54) is 0 Å². The third-order valence-corrected chi connectivity index (χ3v) is 1.62. The molecule has 0 heterocycles. The van der Waals surface area contributed by atoms with Crippen molar-refractivity contribution in [3.63, 3.8) is 0 Å². The van der Waals surface area contributed by atoms with E-state index < -0.39 is 0 Å². The van der Waals surface area contributed by atoms with Gasteiger partial charge in [-0.3, -0.25) is 4.79 Å². The fraction of sp³-hybridized carbons (Fsp3) is 0.667. The lowest BCUT2D eigenvalue weighted by Gasteiger charge is -2.05. The van der Waals surface area contributed by atoms with Gasteiger partial charge in [0.1, 0.15) is 0 Å². The van der Waals surface area contributed by atoms with Crippen LogP contribution in [0.2, 0.25) is 0 Å². The van der Waals surface area contributed by atoms with Crippen molar-refractivity contribution in [3.8, 4) is 0 Å². The quantitative estimate of drug-likeness (QED) is 0.627. The maximum atomic E-state index is 11.2. The van der Waals surface area contributed by atoms with Crippen LogP contribution in [0.15, 0.2) is 11.6 Å². The highest BCUT2D eigenvalue weighted by molar-refractivity contribution is 5.96. The Morgan fingerprint density at radius 2 is 2.18 bits per heavy atom. The molecule has 0 spiro atoms. The number of aliphatic hydroxyl groups is 1. The summed E-state index contributed by atoms with van der Waals surface area (Å²) >= 11 is 0. The Hall–Kier alpha value is -0.630. The second-order valence-electron chi connectivity index (χ2n) is 2.74. The zero-order valence-electron chi connectivity index (χ0n) is 7.42. The molecule has 2 heteroatoms. The maximum absolute atomic E-state index is 11.2. The number of carbonyl (C=O) groups is 1. The fourth-order valence-electron chi connectivity index (χ4n) is 0.878. The lowest BCUT2D eigenvalue weighted by molar-refractivity contribution is -0.119. The molecule has 0 radical (unpaired) electrons. The molecule has 0 aromatic heterocycles. The first-order valence-corrected chi connectivity index (χ1v) is 3.95. The number of Topliss-reactive ketones (excluding diaryl/α,β-unsaturated/α-hetero) is 1.